The third kappa shape index (κ3) is 3.46. The summed E-state index contributed by atoms with van der Waals surface area (Å²) < 4.78 is 0. The van der Waals surface area contributed by atoms with Crippen LogP contribution in [-0.4, -0.2) is 22.8 Å². The highest BCUT2D eigenvalue weighted by Crippen LogP contribution is 2.73. The predicted molar refractivity (Wildman–Crippen MR) is 134 cm³/mol. The quantitative estimate of drug-likeness (QED) is 0.380. The molecular formula is C30H46O3. The van der Waals surface area contributed by atoms with Gasteiger partial charge in [0.2, 0.25) is 0 Å². The highest BCUT2D eigenvalue weighted by molar-refractivity contribution is 5.90. The maximum atomic E-state index is 12.8. The van der Waals surface area contributed by atoms with Gasteiger partial charge in [-0.25, -0.2) is 0 Å². The van der Waals surface area contributed by atoms with Gasteiger partial charge in [0.05, 0.1) is 6.10 Å². The first-order chi connectivity index (χ1) is 15.2. The summed E-state index contributed by atoms with van der Waals surface area (Å²) in [7, 11) is 0. The Labute approximate surface area is 201 Å². The normalized spacial score (nSPS) is 44.8. The van der Waals surface area contributed by atoms with Crippen LogP contribution in [0.1, 0.15) is 100 Å². The Morgan fingerprint density at radius 1 is 1.12 bits per heavy atom. The molecule has 1 N–H and O–H groups in total. The largest absolute Gasteiger partial charge is 0.389 e. The molecule has 3 heteroatoms. The minimum atomic E-state index is -0.560. The van der Waals surface area contributed by atoms with Gasteiger partial charge in [0.1, 0.15) is 5.78 Å². The number of fused-ring (bicyclic) bond motifs is 5. The Kier molecular flexibility index (Phi) is 5.96. The van der Waals surface area contributed by atoms with Crippen LogP contribution in [0.25, 0.3) is 0 Å². The molecule has 3 nitrogen and oxygen atoms in total. The third-order valence-corrected chi connectivity index (χ3v) is 11.2. The number of aliphatic hydroxyl groups is 1. The number of Topliss-reactive ketones (excluding diaryl/α,β-unsaturated/α-hetero) is 1. The van der Waals surface area contributed by atoms with Crippen molar-refractivity contribution in [2.45, 2.75) is 106 Å². The summed E-state index contributed by atoms with van der Waals surface area (Å²) in [4.78, 5) is 25.4. The van der Waals surface area contributed by atoms with Crippen molar-refractivity contribution in [3.8, 4) is 0 Å². The molecule has 0 amide bonds. The lowest BCUT2D eigenvalue weighted by molar-refractivity contribution is -0.156. The van der Waals surface area contributed by atoms with Gasteiger partial charge in [-0.3, -0.25) is 9.59 Å². The highest BCUT2D eigenvalue weighted by Gasteiger charge is 2.66. The lowest BCUT2D eigenvalue weighted by Gasteiger charge is -2.64. The van der Waals surface area contributed by atoms with E-state index in [2.05, 4.69) is 47.6 Å². The Bertz CT molecular complexity index is 906. The molecule has 0 heterocycles. The van der Waals surface area contributed by atoms with Gasteiger partial charge in [-0.05, 0) is 86.0 Å². The van der Waals surface area contributed by atoms with Gasteiger partial charge in [-0.15, -0.1) is 0 Å². The molecule has 3 saturated carbocycles. The number of aliphatic hydroxyl groups excluding tert-OH is 1. The summed E-state index contributed by atoms with van der Waals surface area (Å²) in [6.45, 7) is 17.7. The van der Waals surface area contributed by atoms with E-state index in [1.54, 1.807) is 6.08 Å². The first kappa shape index (κ1) is 24.9. The molecule has 4 aliphatic rings. The SMILES string of the molecule is CC(C)=CC(=O)CC(C)[C@@H]1CC[C@]2(C)C3=C[C@@H](O)C4C(C)(C)C(=O)CC[C@]4(C)C3CC[C@@]12C. The molecular weight excluding hydrogens is 408 g/mol. The molecule has 0 aromatic rings. The molecule has 8 atom stereocenters. The number of ketones is 2. The Morgan fingerprint density at radius 3 is 2.42 bits per heavy atom. The molecule has 0 bridgehead atoms. The topological polar surface area (TPSA) is 54.4 Å². The van der Waals surface area contributed by atoms with Crippen LogP contribution < -0.4 is 0 Å². The summed E-state index contributed by atoms with van der Waals surface area (Å²) in [6, 6.07) is 0. The summed E-state index contributed by atoms with van der Waals surface area (Å²) in [6.07, 6.45) is 10.2. The van der Waals surface area contributed by atoms with Crippen molar-refractivity contribution < 1.29 is 14.7 Å². The lowest BCUT2D eigenvalue weighted by atomic mass is 9.40. The van der Waals surface area contributed by atoms with E-state index in [1.807, 2.05) is 13.8 Å². The van der Waals surface area contributed by atoms with Crippen LogP contribution in [0.4, 0.5) is 0 Å². The highest BCUT2D eigenvalue weighted by atomic mass is 16.3. The van der Waals surface area contributed by atoms with Crippen LogP contribution >= 0.6 is 0 Å². The molecule has 4 aliphatic carbocycles. The zero-order chi connectivity index (χ0) is 24.6. The summed E-state index contributed by atoms with van der Waals surface area (Å²) in [5.41, 5.74) is 2.23. The van der Waals surface area contributed by atoms with Crippen molar-refractivity contribution in [3.05, 3.63) is 23.3 Å². The van der Waals surface area contributed by atoms with E-state index >= 15 is 0 Å². The van der Waals surface area contributed by atoms with Crippen molar-refractivity contribution in [1.82, 2.24) is 0 Å². The average Bonchev–Trinajstić information content (AvgIpc) is 2.96. The number of carbonyl (C=O) groups is 2. The van der Waals surface area contributed by atoms with Crippen LogP contribution in [0, 0.1) is 45.3 Å². The van der Waals surface area contributed by atoms with Crippen LogP contribution in [-0.2, 0) is 9.59 Å². The second kappa shape index (κ2) is 7.90. The molecule has 0 aromatic carbocycles. The van der Waals surface area contributed by atoms with Crippen LogP contribution in [0.5, 0.6) is 0 Å². The lowest BCUT2D eigenvalue weighted by Crippen LogP contribution is -2.60. The van der Waals surface area contributed by atoms with Crippen molar-refractivity contribution in [2.24, 2.45) is 45.3 Å². The number of carbonyl (C=O) groups excluding carboxylic acids is 2. The average molecular weight is 455 g/mol. The summed E-state index contributed by atoms with van der Waals surface area (Å²) in [5.74, 6) is 1.88. The Hall–Kier alpha value is -1.22. The van der Waals surface area contributed by atoms with Gasteiger partial charge < -0.3 is 5.11 Å². The van der Waals surface area contributed by atoms with Gasteiger partial charge in [-0.1, -0.05) is 58.8 Å². The molecule has 0 aromatic heterocycles. The first-order valence-corrected chi connectivity index (χ1v) is 13.3. The fourth-order valence-corrected chi connectivity index (χ4v) is 9.46. The Morgan fingerprint density at radius 2 is 1.79 bits per heavy atom. The number of allylic oxidation sites excluding steroid dienone is 3. The van der Waals surface area contributed by atoms with E-state index in [0.717, 1.165) is 31.3 Å². The summed E-state index contributed by atoms with van der Waals surface area (Å²) in [5, 5.41) is 11.5. The smallest absolute Gasteiger partial charge is 0.155 e. The molecule has 3 unspecified atom stereocenters. The molecule has 184 valence electrons. The van der Waals surface area contributed by atoms with Crippen LogP contribution in [0.2, 0.25) is 0 Å². The first-order valence-electron chi connectivity index (χ1n) is 13.3. The zero-order valence-corrected chi connectivity index (χ0v) is 22.3. The molecule has 0 aliphatic heterocycles. The molecule has 3 fully saturated rings. The van der Waals surface area contributed by atoms with Gasteiger partial charge in [-0.2, -0.15) is 0 Å². The van der Waals surface area contributed by atoms with Crippen molar-refractivity contribution in [1.29, 1.82) is 0 Å². The van der Waals surface area contributed by atoms with E-state index in [1.165, 1.54) is 12.0 Å². The van der Waals surface area contributed by atoms with Gasteiger partial charge in [0, 0.05) is 24.2 Å². The molecule has 0 spiro atoms. The number of hydrogen-bond donors (Lipinski definition) is 1. The van der Waals surface area contributed by atoms with Crippen LogP contribution in [0.3, 0.4) is 0 Å². The standard InChI is InChI=1S/C30H46O3/c1-18(2)15-20(31)16-19(3)21-9-13-30(8)23-17-24(32)26-27(4,5)25(33)11-12-28(26,6)22(23)10-14-29(21,30)7/h15,17,19,21-22,24,26,32H,9-14,16H2,1-8H3/t19?,21-,22?,24+,26?,28+,29-,30+/m0/s1. The van der Waals surface area contributed by atoms with Gasteiger partial charge in [0.15, 0.2) is 5.78 Å². The van der Waals surface area contributed by atoms with E-state index in [-0.39, 0.29) is 27.9 Å². The monoisotopic (exact) mass is 454 g/mol. The van der Waals surface area contributed by atoms with E-state index in [4.69, 9.17) is 0 Å². The fraction of sp³-hybridized carbons (Fsp3) is 0.800. The van der Waals surface area contributed by atoms with E-state index < -0.39 is 11.5 Å². The van der Waals surface area contributed by atoms with Crippen molar-refractivity contribution in [3.63, 3.8) is 0 Å². The third-order valence-electron chi connectivity index (χ3n) is 11.2. The Balaban J connectivity index is 1.69. The molecule has 0 radical (unpaired) electrons. The minimum Gasteiger partial charge on any atom is -0.389 e. The minimum absolute atomic E-state index is 0.00854. The number of hydrogen-bond acceptors (Lipinski definition) is 3. The van der Waals surface area contributed by atoms with Crippen molar-refractivity contribution in [2.75, 3.05) is 0 Å². The maximum absolute atomic E-state index is 12.8. The number of rotatable bonds is 4. The fourth-order valence-electron chi connectivity index (χ4n) is 9.46. The molecule has 4 rings (SSSR count). The van der Waals surface area contributed by atoms with E-state index in [9.17, 15) is 14.7 Å². The second-order valence-corrected chi connectivity index (χ2v) is 13.6. The zero-order valence-electron chi connectivity index (χ0n) is 22.3. The van der Waals surface area contributed by atoms with E-state index in [0.29, 0.717) is 36.4 Å². The molecule has 33 heavy (non-hydrogen) atoms. The molecule has 0 saturated heterocycles. The predicted octanol–water partition coefficient (Wildman–Crippen LogP) is 6.69. The van der Waals surface area contributed by atoms with Gasteiger partial charge >= 0.3 is 0 Å². The van der Waals surface area contributed by atoms with Gasteiger partial charge in [0.25, 0.3) is 0 Å². The van der Waals surface area contributed by atoms with Crippen molar-refractivity contribution >= 4 is 11.6 Å². The van der Waals surface area contributed by atoms with Crippen LogP contribution in [0.15, 0.2) is 23.3 Å². The summed E-state index contributed by atoms with van der Waals surface area (Å²) >= 11 is 0. The second-order valence-electron chi connectivity index (χ2n) is 13.6. The maximum Gasteiger partial charge on any atom is 0.155 e.